The molecule has 0 bridgehead atoms. The Hall–Kier alpha value is -1.00. The number of nitrogens with zero attached hydrogens (tertiary/aromatic N) is 1. The number of halogens is 2. The maximum absolute atomic E-state index is 12.6. The van der Waals surface area contributed by atoms with Gasteiger partial charge in [-0.05, 0) is 36.9 Å². The van der Waals surface area contributed by atoms with Crippen LogP contribution in [0.5, 0.6) is 0 Å². The fourth-order valence-electron chi connectivity index (χ4n) is 2.80. The van der Waals surface area contributed by atoms with E-state index in [-0.39, 0.29) is 11.6 Å². The van der Waals surface area contributed by atoms with E-state index in [1.807, 2.05) is 0 Å². The first-order valence-corrected chi connectivity index (χ1v) is 7.25. The molecular weight excluding hydrogens is 258 g/mol. The minimum absolute atomic E-state index is 0.0734. The molecule has 1 aromatic carbocycles. The molecule has 1 heterocycles. The molecule has 0 amide bonds. The van der Waals surface area contributed by atoms with Crippen molar-refractivity contribution in [2.75, 3.05) is 19.6 Å². The van der Waals surface area contributed by atoms with E-state index < -0.39 is 6.43 Å². The highest BCUT2D eigenvalue weighted by Gasteiger charge is 2.29. The summed E-state index contributed by atoms with van der Waals surface area (Å²) in [4.78, 5) is 2.38. The Morgan fingerprint density at radius 1 is 1.10 bits per heavy atom. The number of hydrogen-bond acceptors (Lipinski definition) is 2. The summed E-state index contributed by atoms with van der Waals surface area (Å²) in [5.41, 5.74) is 7.42. The van der Waals surface area contributed by atoms with Crippen LogP contribution in [0.2, 0.25) is 0 Å². The van der Waals surface area contributed by atoms with Gasteiger partial charge in [0.2, 0.25) is 0 Å². The zero-order valence-electron chi connectivity index (χ0n) is 12.3. The van der Waals surface area contributed by atoms with Crippen LogP contribution in [0.1, 0.15) is 50.3 Å². The Morgan fingerprint density at radius 2 is 1.60 bits per heavy atom. The fourth-order valence-corrected chi connectivity index (χ4v) is 2.80. The average Bonchev–Trinajstić information content (AvgIpc) is 2.42. The van der Waals surface area contributed by atoms with E-state index in [1.165, 1.54) is 12.1 Å². The van der Waals surface area contributed by atoms with Crippen molar-refractivity contribution >= 4 is 0 Å². The number of alkyl halides is 2. The second-order valence-electron chi connectivity index (χ2n) is 6.42. The van der Waals surface area contributed by atoms with Crippen LogP contribution in [0, 0.1) is 5.41 Å². The lowest BCUT2D eigenvalue weighted by molar-refractivity contribution is 0.0963. The number of likely N-dealkylation sites (tertiary alicyclic amines) is 1. The van der Waals surface area contributed by atoms with Crippen LogP contribution in [0.3, 0.4) is 0 Å². The van der Waals surface area contributed by atoms with Gasteiger partial charge in [-0.2, -0.15) is 0 Å². The Bertz CT molecular complexity index is 419. The first-order chi connectivity index (χ1) is 9.43. The smallest absolute Gasteiger partial charge is 0.263 e. The molecule has 2 nitrogen and oxygen atoms in total. The molecule has 0 spiro atoms. The Morgan fingerprint density at radius 3 is 2.05 bits per heavy atom. The highest BCUT2D eigenvalue weighted by molar-refractivity contribution is 5.26. The third-order valence-corrected chi connectivity index (χ3v) is 4.39. The normalized spacial score (nSPS) is 21.1. The third kappa shape index (κ3) is 3.55. The molecule has 1 aliphatic heterocycles. The second kappa shape index (κ2) is 6.19. The minimum Gasteiger partial charge on any atom is -0.329 e. The molecule has 2 N–H and O–H groups in total. The van der Waals surface area contributed by atoms with Crippen molar-refractivity contribution in [1.82, 2.24) is 4.90 Å². The van der Waals surface area contributed by atoms with Crippen LogP contribution in [-0.4, -0.2) is 24.5 Å². The summed E-state index contributed by atoms with van der Waals surface area (Å²) < 4.78 is 25.2. The summed E-state index contributed by atoms with van der Waals surface area (Å²) >= 11 is 0. The number of benzene rings is 1. The molecule has 4 heteroatoms. The molecule has 20 heavy (non-hydrogen) atoms. The number of piperidine rings is 1. The standard InChI is InChI=1S/C16H24F2N2/c1-16(2)7-9-20(10-8-16)14(11-19)12-3-5-13(6-4-12)15(17)18/h3-6,14-15H,7-11,19H2,1-2H3. The maximum atomic E-state index is 12.6. The number of hydrogen-bond donors (Lipinski definition) is 1. The largest absolute Gasteiger partial charge is 0.329 e. The van der Waals surface area contributed by atoms with Gasteiger partial charge in [0.25, 0.3) is 6.43 Å². The Labute approximate surface area is 120 Å². The van der Waals surface area contributed by atoms with Crippen LogP contribution >= 0.6 is 0 Å². The van der Waals surface area contributed by atoms with Gasteiger partial charge < -0.3 is 5.73 Å². The van der Waals surface area contributed by atoms with Gasteiger partial charge in [0.15, 0.2) is 0 Å². The second-order valence-corrected chi connectivity index (χ2v) is 6.42. The summed E-state index contributed by atoms with van der Waals surface area (Å²) in [5, 5.41) is 0. The molecule has 2 rings (SSSR count). The lowest BCUT2D eigenvalue weighted by atomic mass is 9.82. The van der Waals surface area contributed by atoms with Gasteiger partial charge in [-0.25, -0.2) is 8.78 Å². The summed E-state index contributed by atoms with van der Waals surface area (Å²) in [7, 11) is 0. The fraction of sp³-hybridized carbons (Fsp3) is 0.625. The van der Waals surface area contributed by atoms with Crippen LogP contribution < -0.4 is 5.73 Å². The van der Waals surface area contributed by atoms with Gasteiger partial charge in [-0.3, -0.25) is 4.90 Å². The topological polar surface area (TPSA) is 29.3 Å². The molecule has 0 aromatic heterocycles. The number of nitrogens with two attached hydrogens (primary N) is 1. The predicted molar refractivity (Wildman–Crippen MR) is 77.8 cm³/mol. The molecule has 1 aromatic rings. The molecule has 1 unspecified atom stereocenters. The van der Waals surface area contributed by atoms with E-state index in [1.54, 1.807) is 12.1 Å². The predicted octanol–water partition coefficient (Wildman–Crippen LogP) is 3.75. The van der Waals surface area contributed by atoms with Gasteiger partial charge >= 0.3 is 0 Å². The van der Waals surface area contributed by atoms with E-state index in [0.717, 1.165) is 31.5 Å². The zero-order chi connectivity index (χ0) is 14.8. The summed E-state index contributed by atoms with van der Waals surface area (Å²) in [6.45, 7) is 7.14. The van der Waals surface area contributed by atoms with Crippen molar-refractivity contribution in [2.45, 2.75) is 39.2 Å². The van der Waals surface area contributed by atoms with Crippen molar-refractivity contribution < 1.29 is 8.78 Å². The Balaban J connectivity index is 2.08. The first-order valence-electron chi connectivity index (χ1n) is 7.25. The van der Waals surface area contributed by atoms with Gasteiger partial charge in [-0.1, -0.05) is 38.1 Å². The Kier molecular flexibility index (Phi) is 4.76. The summed E-state index contributed by atoms with van der Waals surface area (Å²) in [6.07, 6.45) is -0.104. The number of rotatable bonds is 4. The van der Waals surface area contributed by atoms with Crippen LogP contribution in [0.4, 0.5) is 8.78 Å². The van der Waals surface area contributed by atoms with Crippen molar-refractivity contribution in [3.8, 4) is 0 Å². The summed E-state index contributed by atoms with van der Waals surface area (Å²) in [6, 6.07) is 6.74. The average molecular weight is 282 g/mol. The molecule has 0 aliphatic carbocycles. The van der Waals surface area contributed by atoms with Gasteiger partial charge in [-0.15, -0.1) is 0 Å². The first kappa shape index (κ1) is 15.4. The van der Waals surface area contributed by atoms with E-state index in [0.29, 0.717) is 12.0 Å². The molecule has 1 fully saturated rings. The van der Waals surface area contributed by atoms with Gasteiger partial charge in [0.1, 0.15) is 0 Å². The SMILES string of the molecule is CC1(C)CCN(C(CN)c2ccc(C(F)F)cc2)CC1. The van der Waals surface area contributed by atoms with E-state index >= 15 is 0 Å². The lowest BCUT2D eigenvalue weighted by Crippen LogP contribution is -2.42. The molecular formula is C16H24F2N2. The van der Waals surface area contributed by atoms with Crippen molar-refractivity contribution in [1.29, 1.82) is 0 Å². The molecule has 0 saturated carbocycles. The van der Waals surface area contributed by atoms with Crippen molar-refractivity contribution in [3.05, 3.63) is 35.4 Å². The molecule has 1 atom stereocenters. The van der Waals surface area contributed by atoms with Crippen LogP contribution in [0.15, 0.2) is 24.3 Å². The van der Waals surface area contributed by atoms with Crippen molar-refractivity contribution in [2.24, 2.45) is 11.1 Å². The van der Waals surface area contributed by atoms with Gasteiger partial charge in [0.05, 0.1) is 0 Å². The zero-order valence-corrected chi connectivity index (χ0v) is 12.3. The van der Waals surface area contributed by atoms with E-state index in [2.05, 4.69) is 18.7 Å². The van der Waals surface area contributed by atoms with E-state index in [9.17, 15) is 8.78 Å². The third-order valence-electron chi connectivity index (χ3n) is 4.39. The maximum Gasteiger partial charge on any atom is 0.263 e. The molecule has 112 valence electrons. The van der Waals surface area contributed by atoms with Crippen LogP contribution in [0.25, 0.3) is 0 Å². The highest BCUT2D eigenvalue weighted by Crippen LogP contribution is 2.34. The molecule has 0 radical (unpaired) electrons. The molecule has 1 saturated heterocycles. The highest BCUT2D eigenvalue weighted by atomic mass is 19.3. The lowest BCUT2D eigenvalue weighted by Gasteiger charge is -2.41. The molecule has 1 aliphatic rings. The summed E-state index contributed by atoms with van der Waals surface area (Å²) in [5.74, 6) is 0. The van der Waals surface area contributed by atoms with Crippen LogP contribution in [-0.2, 0) is 0 Å². The minimum atomic E-state index is -2.41. The van der Waals surface area contributed by atoms with Crippen molar-refractivity contribution in [3.63, 3.8) is 0 Å². The van der Waals surface area contributed by atoms with Gasteiger partial charge in [0, 0.05) is 18.2 Å². The quantitative estimate of drug-likeness (QED) is 0.911. The van der Waals surface area contributed by atoms with E-state index in [4.69, 9.17) is 5.73 Å². The monoisotopic (exact) mass is 282 g/mol.